The van der Waals surface area contributed by atoms with Crippen LogP contribution in [0.4, 0.5) is 13.2 Å². The van der Waals surface area contributed by atoms with Gasteiger partial charge in [0.25, 0.3) is 5.91 Å². The van der Waals surface area contributed by atoms with E-state index in [0.717, 1.165) is 6.07 Å². The Kier molecular flexibility index (Phi) is 4.27. The second kappa shape index (κ2) is 6.23. The van der Waals surface area contributed by atoms with E-state index in [0.29, 0.717) is 13.1 Å². The highest BCUT2D eigenvalue weighted by Gasteiger charge is 2.41. The van der Waals surface area contributed by atoms with Crippen LogP contribution in [0.3, 0.4) is 0 Å². The number of hydrogen-bond donors (Lipinski definition) is 0. The number of amides is 1. The number of carbonyl (C=O) groups is 1. The maximum Gasteiger partial charge on any atom is 0.416 e. The fourth-order valence-electron chi connectivity index (χ4n) is 2.73. The Morgan fingerprint density at radius 2 is 2.04 bits per heavy atom. The summed E-state index contributed by atoms with van der Waals surface area (Å²) in [6.45, 7) is 0.715. The van der Waals surface area contributed by atoms with Crippen molar-refractivity contribution in [3.8, 4) is 0 Å². The van der Waals surface area contributed by atoms with E-state index in [-0.39, 0.29) is 11.6 Å². The minimum Gasteiger partial charge on any atom is -0.367 e. The largest absolute Gasteiger partial charge is 0.416 e. The molecule has 2 heterocycles. The molecule has 1 saturated heterocycles. The zero-order chi connectivity index (χ0) is 17.3. The number of carbonyl (C=O) groups excluding carboxylic acids is 1. The number of alkyl halides is 3. The van der Waals surface area contributed by atoms with Crippen molar-refractivity contribution in [1.82, 2.24) is 19.9 Å². The first-order valence-electron chi connectivity index (χ1n) is 7.25. The molecule has 2 aromatic rings. The molecule has 1 aromatic heterocycles. The van der Waals surface area contributed by atoms with Crippen LogP contribution in [-0.2, 0) is 15.7 Å². The SMILES string of the molecule is COC(C(=O)N1CC(n2ccnn2)C1)c1ccccc1C(F)(F)F. The fourth-order valence-corrected chi connectivity index (χ4v) is 2.73. The molecule has 1 aliphatic rings. The highest BCUT2D eigenvalue weighted by atomic mass is 19.4. The van der Waals surface area contributed by atoms with Crippen LogP contribution in [0.15, 0.2) is 36.7 Å². The van der Waals surface area contributed by atoms with Crippen LogP contribution in [0.5, 0.6) is 0 Å². The van der Waals surface area contributed by atoms with Crippen molar-refractivity contribution in [2.24, 2.45) is 0 Å². The van der Waals surface area contributed by atoms with Crippen LogP contribution in [0.2, 0.25) is 0 Å². The zero-order valence-electron chi connectivity index (χ0n) is 12.8. The fraction of sp³-hybridized carbons (Fsp3) is 0.400. The van der Waals surface area contributed by atoms with Crippen molar-refractivity contribution in [2.45, 2.75) is 18.3 Å². The third-order valence-electron chi connectivity index (χ3n) is 4.00. The lowest BCUT2D eigenvalue weighted by molar-refractivity contribution is -0.151. The monoisotopic (exact) mass is 340 g/mol. The lowest BCUT2D eigenvalue weighted by Gasteiger charge is -2.40. The minimum atomic E-state index is -4.55. The predicted octanol–water partition coefficient (Wildman–Crippen LogP) is 2.07. The van der Waals surface area contributed by atoms with Crippen LogP contribution in [-0.4, -0.2) is 46.0 Å². The predicted molar refractivity (Wildman–Crippen MR) is 76.8 cm³/mol. The topological polar surface area (TPSA) is 60.2 Å². The van der Waals surface area contributed by atoms with Crippen molar-refractivity contribution >= 4 is 5.91 Å². The average Bonchev–Trinajstić information content (AvgIpc) is 3.00. The summed E-state index contributed by atoms with van der Waals surface area (Å²) in [4.78, 5) is 14.0. The number of likely N-dealkylation sites (tertiary alicyclic amines) is 1. The average molecular weight is 340 g/mol. The molecule has 1 aliphatic heterocycles. The van der Waals surface area contributed by atoms with E-state index in [4.69, 9.17) is 4.74 Å². The molecule has 1 fully saturated rings. The van der Waals surface area contributed by atoms with Gasteiger partial charge in [-0.25, -0.2) is 4.68 Å². The Bertz CT molecular complexity index is 712. The third kappa shape index (κ3) is 2.99. The number of aromatic nitrogens is 3. The number of rotatable bonds is 4. The molecular weight excluding hydrogens is 325 g/mol. The van der Waals surface area contributed by atoms with Gasteiger partial charge in [-0.3, -0.25) is 4.79 Å². The molecule has 0 saturated carbocycles. The Hall–Kier alpha value is -2.42. The standard InChI is InChI=1S/C15H15F3N4O2/c1-24-13(11-4-2-3-5-12(11)15(16,17)18)14(23)21-8-10(9-21)22-7-6-19-20-22/h2-7,10,13H,8-9H2,1H3. The number of ether oxygens (including phenoxy) is 1. The Labute approximate surface area is 135 Å². The maximum absolute atomic E-state index is 13.2. The summed E-state index contributed by atoms with van der Waals surface area (Å²) in [6.07, 6.45) is -2.63. The van der Waals surface area contributed by atoms with Crippen LogP contribution >= 0.6 is 0 Å². The van der Waals surface area contributed by atoms with E-state index in [1.54, 1.807) is 10.9 Å². The van der Waals surface area contributed by atoms with Crippen molar-refractivity contribution < 1.29 is 22.7 Å². The molecule has 3 rings (SSSR count). The smallest absolute Gasteiger partial charge is 0.367 e. The lowest BCUT2D eigenvalue weighted by atomic mass is 9.99. The van der Waals surface area contributed by atoms with E-state index < -0.39 is 23.8 Å². The van der Waals surface area contributed by atoms with Crippen molar-refractivity contribution in [1.29, 1.82) is 0 Å². The summed E-state index contributed by atoms with van der Waals surface area (Å²) in [5.74, 6) is -0.495. The van der Waals surface area contributed by atoms with E-state index in [1.165, 1.54) is 36.4 Å². The van der Waals surface area contributed by atoms with Gasteiger partial charge in [0, 0.05) is 32.0 Å². The van der Waals surface area contributed by atoms with Gasteiger partial charge in [-0.2, -0.15) is 13.2 Å². The Balaban J connectivity index is 1.77. The summed E-state index contributed by atoms with van der Waals surface area (Å²) < 4.78 is 46.2. The molecule has 128 valence electrons. The number of hydrogen-bond acceptors (Lipinski definition) is 4. The van der Waals surface area contributed by atoms with Crippen LogP contribution in [0.1, 0.15) is 23.3 Å². The molecule has 1 unspecified atom stereocenters. The molecule has 9 heteroatoms. The van der Waals surface area contributed by atoms with Crippen LogP contribution in [0, 0.1) is 0 Å². The van der Waals surface area contributed by atoms with E-state index in [2.05, 4.69) is 10.3 Å². The highest BCUT2D eigenvalue weighted by molar-refractivity contribution is 5.83. The second-order valence-corrected chi connectivity index (χ2v) is 5.48. The summed E-state index contributed by atoms with van der Waals surface area (Å²) in [5, 5.41) is 7.54. The maximum atomic E-state index is 13.2. The van der Waals surface area contributed by atoms with Gasteiger partial charge < -0.3 is 9.64 Å². The van der Waals surface area contributed by atoms with Crippen LogP contribution in [0.25, 0.3) is 0 Å². The number of nitrogens with zero attached hydrogens (tertiary/aromatic N) is 4. The van der Waals surface area contributed by atoms with Gasteiger partial charge in [0.05, 0.1) is 17.8 Å². The highest BCUT2D eigenvalue weighted by Crippen LogP contribution is 2.36. The Morgan fingerprint density at radius 3 is 2.62 bits per heavy atom. The summed E-state index contributed by atoms with van der Waals surface area (Å²) in [7, 11) is 1.23. The van der Waals surface area contributed by atoms with Gasteiger partial charge in [-0.1, -0.05) is 23.4 Å². The normalized spacial score (nSPS) is 16.8. The summed E-state index contributed by atoms with van der Waals surface area (Å²) in [5.41, 5.74) is -1.04. The molecule has 0 bridgehead atoms. The quantitative estimate of drug-likeness (QED) is 0.855. The molecule has 1 amide bonds. The first-order valence-corrected chi connectivity index (χ1v) is 7.25. The number of benzene rings is 1. The molecule has 0 spiro atoms. The molecule has 0 radical (unpaired) electrons. The molecule has 0 N–H and O–H groups in total. The van der Waals surface area contributed by atoms with Crippen LogP contribution < -0.4 is 0 Å². The summed E-state index contributed by atoms with van der Waals surface area (Å²) in [6, 6.07) is 4.94. The van der Waals surface area contributed by atoms with Gasteiger partial charge in [0.2, 0.25) is 0 Å². The minimum absolute atomic E-state index is 0.0215. The molecule has 24 heavy (non-hydrogen) atoms. The van der Waals surface area contributed by atoms with E-state index >= 15 is 0 Å². The lowest BCUT2D eigenvalue weighted by Crippen LogP contribution is -2.52. The van der Waals surface area contributed by atoms with Crippen molar-refractivity contribution in [3.05, 3.63) is 47.8 Å². The zero-order valence-corrected chi connectivity index (χ0v) is 12.8. The molecular formula is C15H15F3N4O2. The Morgan fingerprint density at radius 1 is 1.33 bits per heavy atom. The van der Waals surface area contributed by atoms with Gasteiger partial charge in [-0.15, -0.1) is 5.10 Å². The molecule has 0 aliphatic carbocycles. The molecule has 1 atom stereocenters. The van der Waals surface area contributed by atoms with E-state index in [9.17, 15) is 18.0 Å². The first-order chi connectivity index (χ1) is 11.4. The number of halogens is 3. The molecule has 1 aromatic carbocycles. The van der Waals surface area contributed by atoms with Gasteiger partial charge in [0.1, 0.15) is 0 Å². The van der Waals surface area contributed by atoms with E-state index in [1.807, 2.05) is 0 Å². The second-order valence-electron chi connectivity index (χ2n) is 5.48. The summed E-state index contributed by atoms with van der Waals surface area (Å²) >= 11 is 0. The van der Waals surface area contributed by atoms with Gasteiger partial charge in [0.15, 0.2) is 6.10 Å². The first kappa shape index (κ1) is 16.4. The number of methoxy groups -OCH3 is 1. The van der Waals surface area contributed by atoms with Crippen molar-refractivity contribution in [3.63, 3.8) is 0 Å². The van der Waals surface area contributed by atoms with Gasteiger partial charge in [-0.05, 0) is 6.07 Å². The van der Waals surface area contributed by atoms with Gasteiger partial charge >= 0.3 is 6.18 Å². The van der Waals surface area contributed by atoms with Crippen molar-refractivity contribution in [2.75, 3.05) is 20.2 Å². The molecule has 6 nitrogen and oxygen atoms in total. The third-order valence-corrected chi connectivity index (χ3v) is 4.00.